The van der Waals surface area contributed by atoms with Crippen molar-refractivity contribution in [2.24, 2.45) is 5.41 Å². The van der Waals surface area contributed by atoms with Gasteiger partial charge in [0.1, 0.15) is 0 Å². The molecule has 2 rings (SSSR count). The van der Waals surface area contributed by atoms with Gasteiger partial charge in [-0.05, 0) is 13.0 Å². The van der Waals surface area contributed by atoms with Crippen LogP contribution in [0.2, 0.25) is 0 Å². The number of carboxylic acid groups (broad SMARTS) is 1. The highest BCUT2D eigenvalue weighted by molar-refractivity contribution is 7.99. The van der Waals surface area contributed by atoms with E-state index in [1.165, 1.54) is 11.8 Å². The number of rotatable bonds is 3. The summed E-state index contributed by atoms with van der Waals surface area (Å²) in [6, 6.07) is -0.673. The molecule has 2 fully saturated rings. The molecule has 1 amide bonds. The van der Waals surface area contributed by atoms with Crippen LogP contribution in [0, 0.1) is 5.41 Å². The number of nitrogens with zero attached hydrogens (tertiary/aromatic N) is 1. The molecule has 0 aromatic rings. The molecule has 2 aliphatic heterocycles. The molecule has 2 aliphatic rings. The molecule has 0 aliphatic carbocycles. The number of amides is 1. The summed E-state index contributed by atoms with van der Waals surface area (Å²) < 4.78 is 40.2. The van der Waals surface area contributed by atoms with Crippen LogP contribution < -0.4 is 5.32 Å². The maximum Gasteiger partial charge on any atom is 0.404 e. The second-order valence-corrected chi connectivity index (χ2v) is 6.48. The molecule has 0 saturated carbocycles. The Balaban J connectivity index is 2.24. The van der Waals surface area contributed by atoms with E-state index in [-0.39, 0.29) is 25.9 Å². The maximum atomic E-state index is 13.4. The van der Waals surface area contributed by atoms with Gasteiger partial charge in [-0.3, -0.25) is 9.59 Å². The van der Waals surface area contributed by atoms with E-state index in [2.05, 4.69) is 5.32 Å². The molecule has 2 atom stereocenters. The van der Waals surface area contributed by atoms with Gasteiger partial charge >= 0.3 is 12.1 Å². The number of carboxylic acids is 1. The molecule has 0 bridgehead atoms. The number of alkyl halides is 3. The van der Waals surface area contributed by atoms with Crippen LogP contribution in [0.15, 0.2) is 0 Å². The van der Waals surface area contributed by atoms with Crippen molar-refractivity contribution in [3.05, 3.63) is 0 Å². The monoisotopic (exact) mass is 326 g/mol. The summed E-state index contributed by atoms with van der Waals surface area (Å²) in [6.07, 6.45) is -5.25. The lowest BCUT2D eigenvalue weighted by Gasteiger charge is -2.41. The van der Waals surface area contributed by atoms with Gasteiger partial charge in [-0.1, -0.05) is 0 Å². The lowest BCUT2D eigenvalue weighted by atomic mass is 9.84. The van der Waals surface area contributed by atoms with Crippen molar-refractivity contribution in [2.75, 3.05) is 31.1 Å². The lowest BCUT2D eigenvalue weighted by Crippen LogP contribution is -2.58. The van der Waals surface area contributed by atoms with Gasteiger partial charge < -0.3 is 15.3 Å². The highest BCUT2D eigenvalue weighted by Crippen LogP contribution is 2.45. The predicted octanol–water partition coefficient (Wildman–Crippen LogP) is 0.947. The number of carbonyl (C=O) groups is 2. The van der Waals surface area contributed by atoms with Crippen LogP contribution in [0.3, 0.4) is 0 Å². The fraction of sp³-hybridized carbons (Fsp3) is 0.833. The molecular formula is C12H17F3N2O3S. The largest absolute Gasteiger partial charge is 0.481 e. The minimum atomic E-state index is -4.63. The molecule has 2 N–H and O–H groups in total. The van der Waals surface area contributed by atoms with E-state index in [4.69, 9.17) is 5.11 Å². The molecule has 2 heterocycles. The molecule has 0 aromatic carbocycles. The Labute approximate surface area is 124 Å². The summed E-state index contributed by atoms with van der Waals surface area (Å²) in [6.45, 7) is -0.129. The van der Waals surface area contributed by atoms with Crippen LogP contribution in [0.5, 0.6) is 0 Å². The van der Waals surface area contributed by atoms with E-state index in [0.29, 0.717) is 11.5 Å². The Hall–Kier alpha value is -0.960. The third kappa shape index (κ3) is 3.13. The number of hydrogen-bond donors (Lipinski definition) is 2. The minimum Gasteiger partial charge on any atom is -0.481 e. The van der Waals surface area contributed by atoms with E-state index in [1.54, 1.807) is 0 Å². The van der Waals surface area contributed by atoms with Gasteiger partial charge in [0.2, 0.25) is 5.91 Å². The van der Waals surface area contributed by atoms with Crippen molar-refractivity contribution in [1.82, 2.24) is 10.2 Å². The zero-order valence-electron chi connectivity index (χ0n) is 11.3. The van der Waals surface area contributed by atoms with E-state index in [9.17, 15) is 22.8 Å². The van der Waals surface area contributed by atoms with Gasteiger partial charge in [0.25, 0.3) is 0 Å². The zero-order chi connectivity index (χ0) is 15.7. The lowest BCUT2D eigenvalue weighted by molar-refractivity contribution is -0.222. The standard InChI is InChI=1S/C12H17F3N2O3S/c13-12(14,15)11(1-2-16-7-11)10(20)17-3-4-21-6-8(17)5-9(18)19/h8,16H,1-7H2,(H,18,19). The second kappa shape index (κ2) is 6.04. The molecule has 2 saturated heterocycles. The number of hydrogen-bond acceptors (Lipinski definition) is 4. The fourth-order valence-electron chi connectivity index (χ4n) is 2.81. The number of halogens is 3. The molecule has 0 radical (unpaired) electrons. The van der Waals surface area contributed by atoms with Crippen molar-refractivity contribution in [3.8, 4) is 0 Å². The quantitative estimate of drug-likeness (QED) is 0.808. The summed E-state index contributed by atoms with van der Waals surface area (Å²) in [7, 11) is 0. The van der Waals surface area contributed by atoms with Gasteiger partial charge in [0.05, 0.1) is 12.5 Å². The van der Waals surface area contributed by atoms with Crippen LogP contribution in [0.4, 0.5) is 13.2 Å². The number of thioether (sulfide) groups is 1. The Morgan fingerprint density at radius 2 is 2.14 bits per heavy atom. The molecule has 5 nitrogen and oxygen atoms in total. The second-order valence-electron chi connectivity index (χ2n) is 5.33. The fourth-order valence-corrected chi connectivity index (χ4v) is 3.87. The van der Waals surface area contributed by atoms with Gasteiger partial charge in [-0.25, -0.2) is 0 Å². The van der Waals surface area contributed by atoms with Gasteiger partial charge in [0.15, 0.2) is 5.41 Å². The zero-order valence-corrected chi connectivity index (χ0v) is 12.1. The molecule has 2 unspecified atom stereocenters. The molecule has 0 spiro atoms. The van der Waals surface area contributed by atoms with Crippen LogP contribution in [0.1, 0.15) is 12.8 Å². The molecular weight excluding hydrogens is 309 g/mol. The van der Waals surface area contributed by atoms with Crippen molar-refractivity contribution in [3.63, 3.8) is 0 Å². The van der Waals surface area contributed by atoms with Crippen LogP contribution in [0.25, 0.3) is 0 Å². The third-order valence-corrected chi connectivity index (χ3v) is 5.10. The average Bonchev–Trinajstić information content (AvgIpc) is 2.88. The molecule has 0 aromatic heterocycles. The Kier molecular flexibility index (Phi) is 4.72. The molecule has 120 valence electrons. The summed E-state index contributed by atoms with van der Waals surface area (Å²) in [5.74, 6) is -1.19. The van der Waals surface area contributed by atoms with Crippen LogP contribution in [-0.4, -0.2) is 65.2 Å². The Bertz CT molecular complexity index is 424. The summed E-state index contributed by atoms with van der Waals surface area (Å²) in [4.78, 5) is 24.5. The highest BCUT2D eigenvalue weighted by atomic mass is 32.2. The van der Waals surface area contributed by atoms with Crippen molar-refractivity contribution < 1.29 is 27.9 Å². The number of aliphatic carboxylic acids is 1. The first kappa shape index (κ1) is 16.4. The van der Waals surface area contributed by atoms with Gasteiger partial charge in [-0.2, -0.15) is 24.9 Å². The first-order valence-electron chi connectivity index (χ1n) is 6.66. The van der Waals surface area contributed by atoms with Crippen molar-refractivity contribution in [1.29, 1.82) is 0 Å². The third-order valence-electron chi connectivity index (χ3n) is 4.01. The van der Waals surface area contributed by atoms with Gasteiger partial charge in [0, 0.05) is 24.6 Å². The number of nitrogens with one attached hydrogen (secondary N) is 1. The molecule has 9 heteroatoms. The summed E-state index contributed by atoms with van der Waals surface area (Å²) >= 11 is 1.46. The topological polar surface area (TPSA) is 69.6 Å². The minimum absolute atomic E-state index is 0.136. The SMILES string of the molecule is O=C(O)CC1CSCCN1C(=O)C1(C(F)(F)F)CCNC1. The van der Waals surface area contributed by atoms with Crippen molar-refractivity contribution in [2.45, 2.75) is 25.1 Å². The van der Waals surface area contributed by atoms with E-state index in [0.717, 1.165) is 4.90 Å². The highest BCUT2D eigenvalue weighted by Gasteiger charge is 2.63. The maximum absolute atomic E-state index is 13.4. The molecule has 21 heavy (non-hydrogen) atoms. The van der Waals surface area contributed by atoms with Crippen LogP contribution in [-0.2, 0) is 9.59 Å². The first-order chi connectivity index (χ1) is 9.78. The Morgan fingerprint density at radius 1 is 1.43 bits per heavy atom. The summed E-state index contributed by atoms with van der Waals surface area (Å²) in [5.41, 5.74) is -2.41. The smallest absolute Gasteiger partial charge is 0.404 e. The predicted molar refractivity (Wildman–Crippen MR) is 71.1 cm³/mol. The summed E-state index contributed by atoms with van der Waals surface area (Å²) in [5, 5.41) is 11.5. The average molecular weight is 326 g/mol. The van der Waals surface area contributed by atoms with E-state index >= 15 is 0 Å². The van der Waals surface area contributed by atoms with E-state index in [1.807, 2.05) is 0 Å². The van der Waals surface area contributed by atoms with Crippen LogP contribution >= 0.6 is 11.8 Å². The number of carbonyl (C=O) groups excluding carboxylic acids is 1. The van der Waals surface area contributed by atoms with Crippen molar-refractivity contribution >= 4 is 23.6 Å². The Morgan fingerprint density at radius 3 is 2.67 bits per heavy atom. The normalized spacial score (nSPS) is 30.4. The van der Waals surface area contributed by atoms with E-state index < -0.39 is 36.1 Å². The first-order valence-corrected chi connectivity index (χ1v) is 7.81. The van der Waals surface area contributed by atoms with Gasteiger partial charge in [-0.15, -0.1) is 0 Å².